The van der Waals surface area contributed by atoms with Crippen LogP contribution in [0.3, 0.4) is 0 Å². The Morgan fingerprint density at radius 3 is 2.64 bits per heavy atom. The molecular formula is C13H16N4O4S. The van der Waals surface area contributed by atoms with Gasteiger partial charge >= 0.3 is 0 Å². The molecule has 0 aliphatic rings. The van der Waals surface area contributed by atoms with Gasteiger partial charge in [0.25, 0.3) is 5.91 Å². The first-order valence-corrected chi connectivity index (χ1v) is 8.45. The molecule has 0 saturated heterocycles. The Labute approximate surface area is 127 Å². The summed E-state index contributed by atoms with van der Waals surface area (Å²) in [5.74, 6) is -0.937. The van der Waals surface area contributed by atoms with Gasteiger partial charge in [0.1, 0.15) is 0 Å². The summed E-state index contributed by atoms with van der Waals surface area (Å²) in [5, 5.41) is 4.75. The van der Waals surface area contributed by atoms with Crippen molar-refractivity contribution < 1.29 is 18.0 Å². The second-order valence-electron chi connectivity index (χ2n) is 4.61. The maximum absolute atomic E-state index is 12.1. The maximum Gasteiger partial charge on any atom is 0.272 e. The zero-order chi connectivity index (χ0) is 16.3. The molecular weight excluding hydrogens is 308 g/mol. The molecule has 0 saturated carbocycles. The molecule has 0 aliphatic heterocycles. The summed E-state index contributed by atoms with van der Waals surface area (Å²) in [6.45, 7) is 2.02. The summed E-state index contributed by atoms with van der Waals surface area (Å²) < 4.78 is 24.8. The fourth-order valence-corrected chi connectivity index (χ4v) is 2.72. The Kier molecular flexibility index (Phi) is 4.45. The van der Waals surface area contributed by atoms with Crippen molar-refractivity contribution in [3.63, 3.8) is 0 Å². The lowest BCUT2D eigenvalue weighted by Crippen LogP contribution is -2.36. The van der Waals surface area contributed by atoms with Crippen LogP contribution in [-0.2, 0) is 14.6 Å². The van der Waals surface area contributed by atoms with Crippen LogP contribution < -0.4 is 10.6 Å². The summed E-state index contributed by atoms with van der Waals surface area (Å²) in [6, 6.07) is 4.89. The van der Waals surface area contributed by atoms with Gasteiger partial charge in [-0.1, -0.05) is 6.07 Å². The van der Waals surface area contributed by atoms with Crippen LogP contribution in [0.2, 0.25) is 0 Å². The van der Waals surface area contributed by atoms with E-state index in [0.717, 1.165) is 6.26 Å². The highest BCUT2D eigenvalue weighted by molar-refractivity contribution is 7.90. The molecule has 22 heavy (non-hydrogen) atoms. The first kappa shape index (κ1) is 16.0. The molecule has 2 N–H and O–H groups in total. The van der Waals surface area contributed by atoms with Crippen LogP contribution in [0.15, 0.2) is 29.6 Å². The van der Waals surface area contributed by atoms with Gasteiger partial charge in [0, 0.05) is 19.0 Å². The number of carbonyl (C=O) groups excluding carboxylic acids is 2. The largest absolute Gasteiger partial charge is 0.355 e. The molecule has 0 spiro atoms. The fourth-order valence-electron chi connectivity index (χ4n) is 1.94. The van der Waals surface area contributed by atoms with Gasteiger partial charge in [0.15, 0.2) is 5.69 Å². The van der Waals surface area contributed by atoms with Crippen LogP contribution in [0, 0.1) is 0 Å². The second-order valence-corrected chi connectivity index (χ2v) is 6.52. The van der Waals surface area contributed by atoms with Crippen molar-refractivity contribution in [2.75, 3.05) is 19.3 Å². The molecule has 2 heterocycles. The Morgan fingerprint density at radius 2 is 2.00 bits per heavy atom. The Bertz CT molecular complexity index is 826. The number of rotatable bonds is 5. The molecule has 2 rings (SSSR count). The summed E-state index contributed by atoms with van der Waals surface area (Å²) in [6.07, 6.45) is 2.53. The lowest BCUT2D eigenvalue weighted by molar-refractivity contribution is -0.120. The number of hydrogen-bond acceptors (Lipinski definition) is 5. The molecule has 0 radical (unpaired) electrons. The van der Waals surface area contributed by atoms with Crippen molar-refractivity contribution in [2.45, 2.75) is 12.1 Å². The van der Waals surface area contributed by atoms with E-state index in [0.29, 0.717) is 12.1 Å². The molecule has 2 amide bonds. The highest BCUT2D eigenvalue weighted by atomic mass is 32.2. The lowest BCUT2D eigenvalue weighted by Gasteiger charge is -2.03. The molecule has 0 unspecified atom stereocenters. The number of aromatic nitrogens is 2. The molecule has 2 aromatic rings. The average molecular weight is 324 g/mol. The molecule has 0 atom stereocenters. The van der Waals surface area contributed by atoms with Crippen molar-refractivity contribution in [1.29, 1.82) is 0 Å². The third-order valence-corrected chi connectivity index (χ3v) is 3.80. The summed E-state index contributed by atoms with van der Waals surface area (Å²) in [7, 11) is -3.59. The van der Waals surface area contributed by atoms with E-state index in [1.54, 1.807) is 25.1 Å². The summed E-state index contributed by atoms with van der Waals surface area (Å²) in [5.41, 5.74) is 0.321. The number of amides is 2. The van der Waals surface area contributed by atoms with E-state index in [-0.39, 0.29) is 23.3 Å². The number of nitrogens with one attached hydrogen (secondary N) is 2. The smallest absolute Gasteiger partial charge is 0.272 e. The van der Waals surface area contributed by atoms with Crippen LogP contribution in [0.25, 0.3) is 5.52 Å². The van der Waals surface area contributed by atoms with E-state index < -0.39 is 15.7 Å². The van der Waals surface area contributed by atoms with Crippen LogP contribution in [0.1, 0.15) is 17.4 Å². The highest BCUT2D eigenvalue weighted by Crippen LogP contribution is 2.16. The van der Waals surface area contributed by atoms with Gasteiger partial charge in [-0.15, -0.1) is 0 Å². The van der Waals surface area contributed by atoms with Crippen molar-refractivity contribution in [1.82, 2.24) is 20.0 Å². The topological polar surface area (TPSA) is 110 Å². The van der Waals surface area contributed by atoms with Crippen molar-refractivity contribution >= 4 is 27.2 Å². The summed E-state index contributed by atoms with van der Waals surface area (Å²) >= 11 is 0. The molecule has 9 heteroatoms. The van der Waals surface area contributed by atoms with Gasteiger partial charge in [-0.2, -0.15) is 0 Å². The van der Waals surface area contributed by atoms with Crippen LogP contribution in [0.5, 0.6) is 0 Å². The standard InChI is InChI=1S/C13H16N4O4S/c1-3-14-10(18)8-15-12(19)11-9-6-4-5-7-17(9)13(16-11)22(2,20)21/h4-7H,3,8H2,1-2H3,(H,14,18)(H,15,19). The Balaban J connectivity index is 2.36. The van der Waals surface area contributed by atoms with Crippen molar-refractivity contribution in [3.05, 3.63) is 30.1 Å². The monoisotopic (exact) mass is 324 g/mol. The SMILES string of the molecule is CCNC(=O)CNC(=O)c1nc(S(C)(=O)=O)n2ccccc12. The van der Waals surface area contributed by atoms with Gasteiger partial charge in [0.05, 0.1) is 12.1 Å². The van der Waals surface area contributed by atoms with Gasteiger partial charge in [-0.25, -0.2) is 13.4 Å². The van der Waals surface area contributed by atoms with Gasteiger partial charge in [-0.05, 0) is 19.1 Å². The maximum atomic E-state index is 12.1. The predicted molar refractivity (Wildman–Crippen MR) is 79.3 cm³/mol. The van der Waals surface area contributed by atoms with E-state index in [2.05, 4.69) is 15.6 Å². The third kappa shape index (κ3) is 3.25. The number of likely N-dealkylation sites (N-methyl/N-ethyl adjacent to an activating group) is 1. The van der Waals surface area contributed by atoms with Crippen LogP contribution in [0.4, 0.5) is 0 Å². The Morgan fingerprint density at radius 1 is 1.27 bits per heavy atom. The van der Waals surface area contributed by atoms with E-state index in [1.807, 2.05) is 0 Å². The molecule has 2 aromatic heterocycles. The highest BCUT2D eigenvalue weighted by Gasteiger charge is 2.22. The Hall–Kier alpha value is -2.42. The number of imidazole rings is 1. The van der Waals surface area contributed by atoms with E-state index in [9.17, 15) is 18.0 Å². The minimum absolute atomic E-state index is 0.0367. The van der Waals surface area contributed by atoms with Crippen LogP contribution >= 0.6 is 0 Å². The second kappa shape index (κ2) is 6.14. The average Bonchev–Trinajstić information content (AvgIpc) is 2.85. The van der Waals surface area contributed by atoms with Gasteiger partial charge in [-0.3, -0.25) is 14.0 Å². The molecule has 0 bridgehead atoms. The number of sulfone groups is 1. The zero-order valence-corrected chi connectivity index (χ0v) is 13.0. The van der Waals surface area contributed by atoms with Crippen molar-refractivity contribution in [2.24, 2.45) is 0 Å². The normalized spacial score (nSPS) is 11.4. The number of hydrogen-bond donors (Lipinski definition) is 2. The minimum Gasteiger partial charge on any atom is -0.355 e. The van der Waals surface area contributed by atoms with E-state index in [1.165, 1.54) is 10.6 Å². The molecule has 0 fully saturated rings. The van der Waals surface area contributed by atoms with Crippen molar-refractivity contribution in [3.8, 4) is 0 Å². The number of pyridine rings is 1. The van der Waals surface area contributed by atoms with E-state index >= 15 is 0 Å². The van der Waals surface area contributed by atoms with Crippen LogP contribution in [-0.4, -0.2) is 49.0 Å². The number of fused-ring (bicyclic) bond motifs is 1. The quantitative estimate of drug-likeness (QED) is 0.778. The molecule has 8 nitrogen and oxygen atoms in total. The lowest BCUT2D eigenvalue weighted by atomic mass is 10.3. The minimum atomic E-state index is -3.59. The number of nitrogens with zero attached hydrogens (tertiary/aromatic N) is 2. The number of carbonyl (C=O) groups is 2. The molecule has 0 aromatic carbocycles. The fraction of sp³-hybridized carbons (Fsp3) is 0.308. The van der Waals surface area contributed by atoms with Gasteiger partial charge < -0.3 is 10.6 Å². The first-order valence-electron chi connectivity index (χ1n) is 6.56. The molecule has 118 valence electrons. The predicted octanol–water partition coefficient (Wildman–Crippen LogP) is -0.396. The first-order chi connectivity index (χ1) is 10.3. The molecule has 0 aliphatic carbocycles. The van der Waals surface area contributed by atoms with E-state index in [4.69, 9.17) is 0 Å². The van der Waals surface area contributed by atoms with Gasteiger partial charge in [0.2, 0.25) is 20.9 Å². The third-order valence-electron chi connectivity index (χ3n) is 2.85. The zero-order valence-electron chi connectivity index (χ0n) is 12.2. The summed E-state index contributed by atoms with van der Waals surface area (Å²) in [4.78, 5) is 27.4.